The van der Waals surface area contributed by atoms with Gasteiger partial charge in [0.25, 0.3) is 12.3 Å². The summed E-state index contributed by atoms with van der Waals surface area (Å²) in [6.45, 7) is 0. The summed E-state index contributed by atoms with van der Waals surface area (Å²) in [4.78, 5) is 12.8. The van der Waals surface area contributed by atoms with E-state index in [1.165, 1.54) is 6.20 Å². The molecule has 1 aromatic heterocycles. The van der Waals surface area contributed by atoms with Gasteiger partial charge < -0.3 is 10.6 Å². The van der Waals surface area contributed by atoms with Crippen molar-refractivity contribution >= 4 is 57.9 Å². The lowest BCUT2D eigenvalue weighted by Gasteiger charge is -2.32. The van der Waals surface area contributed by atoms with Crippen molar-refractivity contribution in [1.29, 1.82) is 0 Å². The smallest absolute Gasteiger partial charge is 0.275 e. The van der Waals surface area contributed by atoms with E-state index in [9.17, 15) is 13.6 Å². The summed E-state index contributed by atoms with van der Waals surface area (Å²) in [5.74, 6) is -0.400. The highest BCUT2D eigenvalue weighted by atomic mass is 35.5. The molecule has 4 rings (SSSR count). The summed E-state index contributed by atoms with van der Waals surface area (Å²) >= 11 is 17.2. The van der Waals surface area contributed by atoms with Crippen LogP contribution in [0.1, 0.15) is 34.4 Å². The van der Waals surface area contributed by atoms with Crippen LogP contribution in [0.4, 0.5) is 20.3 Å². The number of thiocarbonyl (C=S) groups is 1. The molecule has 0 radical (unpaired) electrons. The van der Waals surface area contributed by atoms with Gasteiger partial charge in [-0.1, -0.05) is 53.5 Å². The lowest BCUT2D eigenvalue weighted by molar-refractivity contribution is 0.0656. The number of anilines is 2. The Morgan fingerprint density at radius 2 is 1.94 bits per heavy atom. The van der Waals surface area contributed by atoms with Gasteiger partial charge in [-0.05, 0) is 42.4 Å². The molecule has 12 heteroatoms. The number of benzene rings is 2. The van der Waals surface area contributed by atoms with Crippen LogP contribution < -0.4 is 21.5 Å². The molecule has 1 aliphatic heterocycles. The Bertz CT molecular complexity index is 1180. The maximum absolute atomic E-state index is 13.8. The van der Waals surface area contributed by atoms with E-state index in [1.54, 1.807) is 18.2 Å². The molecule has 1 aliphatic rings. The Balaban J connectivity index is 1.48. The van der Waals surface area contributed by atoms with E-state index in [4.69, 9.17) is 35.4 Å². The van der Waals surface area contributed by atoms with Crippen molar-refractivity contribution in [3.63, 3.8) is 0 Å². The fourth-order valence-corrected chi connectivity index (χ4v) is 4.03. The molecule has 0 bridgehead atoms. The number of alkyl halides is 2. The van der Waals surface area contributed by atoms with Gasteiger partial charge in [0.2, 0.25) is 0 Å². The number of rotatable bonds is 4. The molecule has 0 spiro atoms. The first kappa shape index (κ1) is 23.2. The third kappa shape index (κ3) is 5.18. The molecule has 0 saturated heterocycles. The molecule has 172 valence electrons. The zero-order valence-corrected chi connectivity index (χ0v) is 19.2. The zero-order chi connectivity index (χ0) is 23.5. The van der Waals surface area contributed by atoms with Gasteiger partial charge in [0.05, 0.1) is 22.9 Å². The van der Waals surface area contributed by atoms with E-state index in [-0.39, 0.29) is 22.9 Å². The van der Waals surface area contributed by atoms with Crippen LogP contribution in [0.25, 0.3) is 0 Å². The van der Waals surface area contributed by atoms with Crippen LogP contribution in [-0.4, -0.2) is 27.2 Å². The second-order valence-electron chi connectivity index (χ2n) is 7.25. The molecule has 1 amide bonds. The molecule has 2 heterocycles. The molecule has 2 unspecified atom stereocenters. The van der Waals surface area contributed by atoms with Crippen molar-refractivity contribution in [2.45, 2.75) is 24.9 Å². The van der Waals surface area contributed by atoms with E-state index in [0.717, 1.165) is 10.2 Å². The highest BCUT2D eigenvalue weighted by Crippen LogP contribution is 2.39. The van der Waals surface area contributed by atoms with Crippen LogP contribution in [-0.2, 0) is 0 Å². The predicted molar refractivity (Wildman–Crippen MR) is 128 cm³/mol. The Morgan fingerprint density at radius 1 is 1.18 bits per heavy atom. The number of halogens is 4. The number of hydrogen-bond acceptors (Lipinski definition) is 4. The normalized spacial score (nSPS) is 17.1. The van der Waals surface area contributed by atoms with Crippen LogP contribution >= 0.6 is 35.4 Å². The summed E-state index contributed by atoms with van der Waals surface area (Å²) in [6, 6.07) is 12.4. The summed E-state index contributed by atoms with van der Waals surface area (Å²) in [7, 11) is 0. The Kier molecular flexibility index (Phi) is 6.96. The van der Waals surface area contributed by atoms with Crippen LogP contribution in [0.15, 0.2) is 54.7 Å². The molecule has 2 aromatic carbocycles. The molecule has 0 aliphatic carbocycles. The first-order valence-electron chi connectivity index (χ1n) is 9.83. The van der Waals surface area contributed by atoms with E-state index < -0.39 is 24.4 Å². The maximum Gasteiger partial charge on any atom is 0.275 e. The molecular formula is C21H18Cl2F2N6OS. The molecule has 3 aromatic rings. The zero-order valence-electron chi connectivity index (χ0n) is 16.9. The number of hydrogen-bond donors (Lipinski definition) is 4. The van der Waals surface area contributed by atoms with E-state index in [0.29, 0.717) is 15.7 Å². The highest BCUT2D eigenvalue weighted by molar-refractivity contribution is 7.80. The molecule has 7 nitrogen and oxygen atoms in total. The standard InChI is InChI=1S/C21H18Cl2F2N6OS/c22-12-6-7-14(23)16(8-12)28-21(33)30-29-20(32)13-10-26-31-17(18(24)25)9-15(27-19(13)31)11-4-2-1-3-5-11/h1-8,10,15,17-18,27H,9H2,(H,29,32)(H2,28,30,33). The number of aromatic nitrogens is 2. The highest BCUT2D eigenvalue weighted by Gasteiger charge is 2.36. The van der Waals surface area contributed by atoms with Gasteiger partial charge in [-0.2, -0.15) is 5.10 Å². The molecule has 0 saturated carbocycles. The van der Waals surface area contributed by atoms with E-state index in [2.05, 4.69) is 26.6 Å². The second-order valence-corrected chi connectivity index (χ2v) is 8.51. The average Bonchev–Trinajstić information content (AvgIpc) is 3.24. The Labute approximate surface area is 203 Å². The van der Waals surface area contributed by atoms with Crippen molar-refractivity contribution in [3.8, 4) is 0 Å². The lowest BCUT2D eigenvalue weighted by atomic mass is 9.97. The lowest BCUT2D eigenvalue weighted by Crippen LogP contribution is -2.44. The van der Waals surface area contributed by atoms with Crippen LogP contribution in [0.5, 0.6) is 0 Å². The van der Waals surface area contributed by atoms with Gasteiger partial charge in [-0.3, -0.25) is 15.6 Å². The van der Waals surface area contributed by atoms with Gasteiger partial charge in [-0.15, -0.1) is 0 Å². The average molecular weight is 511 g/mol. The van der Waals surface area contributed by atoms with E-state index in [1.807, 2.05) is 30.3 Å². The van der Waals surface area contributed by atoms with Crippen molar-refractivity contribution in [1.82, 2.24) is 20.6 Å². The Hall–Kier alpha value is -2.95. The fourth-order valence-electron chi connectivity index (χ4n) is 3.53. The van der Waals surface area contributed by atoms with E-state index >= 15 is 0 Å². The summed E-state index contributed by atoms with van der Waals surface area (Å²) < 4.78 is 28.7. The van der Waals surface area contributed by atoms with Gasteiger partial charge in [-0.25, -0.2) is 13.5 Å². The summed E-state index contributed by atoms with van der Waals surface area (Å²) in [5.41, 5.74) is 6.38. The van der Waals surface area contributed by atoms with Gasteiger partial charge in [0, 0.05) is 5.02 Å². The predicted octanol–water partition coefficient (Wildman–Crippen LogP) is 5.18. The van der Waals surface area contributed by atoms with Gasteiger partial charge in [0.1, 0.15) is 17.4 Å². The van der Waals surface area contributed by atoms with Crippen LogP contribution in [0, 0.1) is 0 Å². The SMILES string of the molecule is O=C(NNC(=S)Nc1cc(Cl)ccc1Cl)c1cnn2c1NC(c1ccccc1)CC2C(F)F. The topological polar surface area (TPSA) is 83.0 Å². The van der Waals surface area contributed by atoms with Crippen molar-refractivity contribution < 1.29 is 13.6 Å². The number of carbonyl (C=O) groups excluding carboxylic acids is 1. The minimum atomic E-state index is -2.65. The first-order chi connectivity index (χ1) is 15.8. The fraction of sp³-hybridized carbons (Fsp3) is 0.190. The number of carbonyl (C=O) groups is 1. The molecule has 2 atom stereocenters. The molecular weight excluding hydrogens is 493 g/mol. The molecule has 33 heavy (non-hydrogen) atoms. The number of nitrogens with one attached hydrogen (secondary N) is 4. The number of nitrogens with zero attached hydrogens (tertiary/aromatic N) is 2. The van der Waals surface area contributed by atoms with Crippen molar-refractivity contribution in [2.24, 2.45) is 0 Å². The minimum absolute atomic E-state index is 0.0501. The molecule has 0 fully saturated rings. The van der Waals surface area contributed by atoms with Gasteiger partial charge in [0.15, 0.2) is 5.11 Å². The number of amides is 1. The number of fused-ring (bicyclic) bond motifs is 1. The third-order valence-corrected chi connectivity index (χ3v) is 5.87. The van der Waals surface area contributed by atoms with Crippen LogP contribution in [0.2, 0.25) is 10.0 Å². The second kappa shape index (κ2) is 9.90. The Morgan fingerprint density at radius 3 is 2.67 bits per heavy atom. The number of hydrazine groups is 1. The van der Waals surface area contributed by atoms with Gasteiger partial charge >= 0.3 is 0 Å². The maximum atomic E-state index is 13.8. The third-order valence-electron chi connectivity index (χ3n) is 5.10. The van der Waals surface area contributed by atoms with Crippen molar-refractivity contribution in [3.05, 3.63) is 75.9 Å². The monoisotopic (exact) mass is 510 g/mol. The van der Waals surface area contributed by atoms with Crippen molar-refractivity contribution in [2.75, 3.05) is 10.6 Å². The molecule has 4 N–H and O–H groups in total. The quantitative estimate of drug-likeness (QED) is 0.285. The first-order valence-corrected chi connectivity index (χ1v) is 11.0. The summed E-state index contributed by atoms with van der Waals surface area (Å²) in [6.07, 6.45) is -1.28. The minimum Gasteiger partial charge on any atom is -0.363 e. The van der Waals surface area contributed by atoms with Crippen LogP contribution in [0.3, 0.4) is 0 Å². The largest absolute Gasteiger partial charge is 0.363 e. The summed E-state index contributed by atoms with van der Waals surface area (Å²) in [5, 5.41) is 10.9.